The lowest BCUT2D eigenvalue weighted by Crippen LogP contribution is -2.25. The number of hydrogen-bond acceptors (Lipinski definition) is 5. The monoisotopic (exact) mass is 321 g/mol. The highest BCUT2D eigenvalue weighted by Crippen LogP contribution is 2.34. The lowest BCUT2D eigenvalue weighted by atomic mass is 10.1. The van der Waals surface area contributed by atoms with Gasteiger partial charge in [0, 0.05) is 16.8 Å². The van der Waals surface area contributed by atoms with E-state index in [2.05, 4.69) is 15.7 Å². The Labute approximate surface area is 133 Å². The molecule has 116 valence electrons. The first-order valence-corrected chi connectivity index (χ1v) is 6.99. The summed E-state index contributed by atoms with van der Waals surface area (Å²) < 4.78 is 10.7. The van der Waals surface area contributed by atoms with Crippen molar-refractivity contribution in [2.45, 2.75) is 20.8 Å². The van der Waals surface area contributed by atoms with Crippen molar-refractivity contribution in [3.63, 3.8) is 0 Å². The molecule has 0 fully saturated rings. The van der Waals surface area contributed by atoms with Gasteiger partial charge in [-0.05, 0) is 38.5 Å². The number of nitrogens with zero attached hydrogens (tertiary/aromatic N) is 2. The Bertz CT molecular complexity index is 692. The minimum absolute atomic E-state index is 0.168. The van der Waals surface area contributed by atoms with Gasteiger partial charge >= 0.3 is 0 Å². The number of carbonyl (C=O) groups excluding carboxylic acids is 1. The molecule has 0 atom stereocenters. The third kappa shape index (κ3) is 4.08. The molecule has 0 saturated heterocycles. The second kappa shape index (κ2) is 7.09. The second-order valence-electron chi connectivity index (χ2n) is 4.86. The first-order valence-electron chi connectivity index (χ1n) is 6.61. The summed E-state index contributed by atoms with van der Waals surface area (Å²) >= 11 is 6.14. The summed E-state index contributed by atoms with van der Waals surface area (Å²) in [6.45, 7) is 5.25. The van der Waals surface area contributed by atoms with Gasteiger partial charge in [-0.25, -0.2) is 5.43 Å². The number of ether oxygens (including phenoxy) is 1. The van der Waals surface area contributed by atoms with Gasteiger partial charge in [0.1, 0.15) is 5.75 Å². The Morgan fingerprint density at radius 1 is 1.45 bits per heavy atom. The lowest BCUT2D eigenvalue weighted by molar-refractivity contribution is -0.123. The summed E-state index contributed by atoms with van der Waals surface area (Å²) in [5, 5.41) is 8.07. The van der Waals surface area contributed by atoms with Gasteiger partial charge in [-0.2, -0.15) is 5.10 Å². The summed E-state index contributed by atoms with van der Waals surface area (Å²) in [5.41, 5.74) is 4.61. The molecule has 1 aromatic heterocycles. The third-order valence-corrected chi connectivity index (χ3v) is 3.13. The summed E-state index contributed by atoms with van der Waals surface area (Å²) in [5.74, 6) is 0.656. The zero-order valence-electron chi connectivity index (χ0n) is 12.5. The van der Waals surface area contributed by atoms with Crippen molar-refractivity contribution in [3.05, 3.63) is 35.0 Å². The average molecular weight is 322 g/mol. The van der Waals surface area contributed by atoms with E-state index >= 15 is 0 Å². The van der Waals surface area contributed by atoms with Crippen LogP contribution in [0, 0.1) is 6.92 Å². The number of hydrazone groups is 1. The molecule has 0 aliphatic heterocycles. The van der Waals surface area contributed by atoms with Crippen LogP contribution in [0.25, 0.3) is 11.3 Å². The summed E-state index contributed by atoms with van der Waals surface area (Å²) in [6, 6.07) is 5.17. The summed E-state index contributed by atoms with van der Waals surface area (Å²) in [7, 11) is 0. The SMILES string of the molecule is CC(C)=NNC(=O)COc1cc(C)c(Cl)cc1-c1ccno1. The number of aromatic nitrogens is 1. The molecule has 0 radical (unpaired) electrons. The largest absolute Gasteiger partial charge is 0.483 e. The fraction of sp³-hybridized carbons (Fsp3) is 0.267. The highest BCUT2D eigenvalue weighted by Gasteiger charge is 2.14. The van der Waals surface area contributed by atoms with Crippen LogP contribution >= 0.6 is 11.6 Å². The quantitative estimate of drug-likeness (QED) is 0.677. The average Bonchev–Trinajstić information content (AvgIpc) is 3.00. The minimum atomic E-state index is -0.350. The van der Waals surface area contributed by atoms with E-state index < -0.39 is 0 Å². The molecule has 0 aliphatic carbocycles. The predicted molar refractivity (Wildman–Crippen MR) is 84.1 cm³/mol. The number of amides is 1. The van der Waals surface area contributed by atoms with E-state index in [9.17, 15) is 4.79 Å². The Balaban J connectivity index is 2.18. The maximum atomic E-state index is 11.7. The van der Waals surface area contributed by atoms with Gasteiger partial charge in [0.25, 0.3) is 5.91 Å². The number of hydrogen-bond donors (Lipinski definition) is 1. The molecule has 1 N–H and O–H groups in total. The fourth-order valence-electron chi connectivity index (χ4n) is 1.67. The van der Waals surface area contributed by atoms with Crippen LogP contribution in [0.1, 0.15) is 19.4 Å². The highest BCUT2D eigenvalue weighted by molar-refractivity contribution is 6.31. The van der Waals surface area contributed by atoms with Crippen molar-refractivity contribution >= 4 is 23.2 Å². The number of halogens is 1. The first kappa shape index (κ1) is 16.0. The molecule has 0 bridgehead atoms. The molecule has 6 nitrogen and oxygen atoms in total. The molecular formula is C15H16ClN3O3. The van der Waals surface area contributed by atoms with E-state index in [1.807, 2.05) is 6.92 Å². The van der Waals surface area contributed by atoms with Crippen LogP contribution in [0.4, 0.5) is 0 Å². The van der Waals surface area contributed by atoms with Crippen molar-refractivity contribution in [2.75, 3.05) is 6.61 Å². The van der Waals surface area contributed by atoms with E-state index in [-0.39, 0.29) is 12.5 Å². The van der Waals surface area contributed by atoms with Gasteiger partial charge in [-0.15, -0.1) is 0 Å². The van der Waals surface area contributed by atoms with Gasteiger partial charge in [0.15, 0.2) is 12.4 Å². The topological polar surface area (TPSA) is 76.7 Å². The number of aryl methyl sites for hydroxylation is 1. The van der Waals surface area contributed by atoms with Crippen molar-refractivity contribution in [2.24, 2.45) is 5.10 Å². The Hall–Kier alpha value is -2.34. The van der Waals surface area contributed by atoms with Crippen molar-refractivity contribution in [3.8, 4) is 17.1 Å². The lowest BCUT2D eigenvalue weighted by Gasteiger charge is -2.11. The molecule has 7 heteroatoms. The van der Waals surface area contributed by atoms with Gasteiger partial charge in [-0.3, -0.25) is 4.79 Å². The molecule has 22 heavy (non-hydrogen) atoms. The second-order valence-corrected chi connectivity index (χ2v) is 5.26. The Morgan fingerprint density at radius 2 is 2.23 bits per heavy atom. The molecule has 2 aromatic rings. The van der Waals surface area contributed by atoms with Crippen LogP contribution in [-0.4, -0.2) is 23.4 Å². The van der Waals surface area contributed by atoms with Gasteiger partial charge in [0.2, 0.25) is 0 Å². The molecule has 0 saturated carbocycles. The molecule has 0 unspecified atom stereocenters. The Kier molecular flexibility index (Phi) is 5.16. The van der Waals surface area contributed by atoms with Crippen LogP contribution in [0.15, 0.2) is 34.0 Å². The number of benzene rings is 1. The van der Waals surface area contributed by atoms with Crippen molar-refractivity contribution in [1.29, 1.82) is 0 Å². The normalized spacial score (nSPS) is 10.2. The van der Waals surface area contributed by atoms with Gasteiger partial charge in [0.05, 0.1) is 11.8 Å². The molecule has 2 rings (SSSR count). The molecule has 1 heterocycles. The molecular weight excluding hydrogens is 306 g/mol. The number of carbonyl (C=O) groups is 1. The van der Waals surface area contributed by atoms with E-state index in [0.717, 1.165) is 11.3 Å². The number of rotatable bonds is 5. The van der Waals surface area contributed by atoms with Crippen LogP contribution in [-0.2, 0) is 4.79 Å². The van der Waals surface area contributed by atoms with E-state index in [1.54, 1.807) is 32.0 Å². The van der Waals surface area contributed by atoms with Gasteiger partial charge in [-0.1, -0.05) is 16.8 Å². The van der Waals surface area contributed by atoms with E-state index in [0.29, 0.717) is 22.1 Å². The standard InChI is InChI=1S/C15H16ClN3O3/c1-9(2)18-19-15(20)8-21-14-6-10(3)12(16)7-11(14)13-4-5-17-22-13/h4-7H,8H2,1-3H3,(H,19,20). The first-order chi connectivity index (χ1) is 10.5. The fourth-order valence-corrected chi connectivity index (χ4v) is 1.84. The van der Waals surface area contributed by atoms with Gasteiger partial charge < -0.3 is 9.26 Å². The Morgan fingerprint density at radius 3 is 2.86 bits per heavy atom. The summed E-state index contributed by atoms with van der Waals surface area (Å²) in [4.78, 5) is 11.7. The molecule has 0 spiro atoms. The van der Waals surface area contributed by atoms with Crippen LogP contribution in [0.3, 0.4) is 0 Å². The zero-order chi connectivity index (χ0) is 16.1. The molecule has 1 aromatic carbocycles. The molecule has 1 amide bonds. The highest BCUT2D eigenvalue weighted by atomic mass is 35.5. The van der Waals surface area contributed by atoms with E-state index in [4.69, 9.17) is 20.9 Å². The molecule has 0 aliphatic rings. The maximum absolute atomic E-state index is 11.7. The smallest absolute Gasteiger partial charge is 0.277 e. The summed E-state index contributed by atoms with van der Waals surface area (Å²) in [6.07, 6.45) is 1.53. The van der Waals surface area contributed by atoms with Crippen LogP contribution in [0.2, 0.25) is 5.02 Å². The third-order valence-electron chi connectivity index (χ3n) is 2.73. The van der Waals surface area contributed by atoms with Crippen LogP contribution < -0.4 is 10.2 Å². The van der Waals surface area contributed by atoms with Crippen molar-refractivity contribution < 1.29 is 14.1 Å². The van der Waals surface area contributed by atoms with E-state index in [1.165, 1.54) is 6.20 Å². The maximum Gasteiger partial charge on any atom is 0.277 e. The zero-order valence-corrected chi connectivity index (χ0v) is 13.3. The number of nitrogens with one attached hydrogen (secondary N) is 1. The predicted octanol–water partition coefficient (Wildman–Crippen LogP) is 3.19. The van der Waals surface area contributed by atoms with Crippen molar-refractivity contribution in [1.82, 2.24) is 10.6 Å². The minimum Gasteiger partial charge on any atom is -0.483 e. The van der Waals surface area contributed by atoms with Crippen LogP contribution in [0.5, 0.6) is 5.75 Å².